The molecule has 0 radical (unpaired) electrons. The van der Waals surface area contributed by atoms with E-state index in [-0.39, 0.29) is 11.4 Å². The predicted molar refractivity (Wildman–Crippen MR) is 125 cm³/mol. The van der Waals surface area contributed by atoms with Gasteiger partial charge in [-0.15, -0.1) is 21.5 Å². The van der Waals surface area contributed by atoms with Gasteiger partial charge in [0, 0.05) is 10.9 Å². The van der Waals surface area contributed by atoms with Crippen LogP contribution < -0.4 is 10.3 Å². The van der Waals surface area contributed by atoms with Crippen molar-refractivity contribution in [3.63, 3.8) is 0 Å². The van der Waals surface area contributed by atoms with Gasteiger partial charge in [-0.1, -0.05) is 36.0 Å². The molecule has 0 atom stereocenters. The minimum atomic E-state index is -0.321. The van der Waals surface area contributed by atoms with E-state index in [1.54, 1.807) is 19.2 Å². The summed E-state index contributed by atoms with van der Waals surface area (Å²) in [6.45, 7) is 0. The summed E-state index contributed by atoms with van der Waals surface area (Å²) in [7, 11) is 1.62. The molecule has 7 nitrogen and oxygen atoms in total. The fourth-order valence-corrected chi connectivity index (χ4v) is 4.94. The van der Waals surface area contributed by atoms with Crippen LogP contribution in [0.25, 0.3) is 21.3 Å². The number of rotatable bonds is 7. The first-order chi connectivity index (χ1) is 16.1. The predicted octanol–water partition coefficient (Wildman–Crippen LogP) is 5.07. The van der Waals surface area contributed by atoms with Crippen molar-refractivity contribution in [2.75, 3.05) is 7.11 Å². The van der Waals surface area contributed by atoms with Gasteiger partial charge in [0.25, 0.3) is 10.8 Å². The lowest BCUT2D eigenvalue weighted by atomic mass is 10.1. The van der Waals surface area contributed by atoms with E-state index in [9.17, 15) is 9.18 Å². The van der Waals surface area contributed by atoms with Crippen LogP contribution in [0.3, 0.4) is 0 Å². The molecule has 0 aliphatic rings. The molecule has 0 amide bonds. The first-order valence-electron chi connectivity index (χ1n) is 9.93. The van der Waals surface area contributed by atoms with Crippen LogP contribution in [0.2, 0.25) is 0 Å². The van der Waals surface area contributed by atoms with Crippen LogP contribution in [-0.4, -0.2) is 27.3 Å². The van der Waals surface area contributed by atoms with Crippen molar-refractivity contribution in [1.82, 2.24) is 20.2 Å². The lowest BCUT2D eigenvalue weighted by Crippen LogP contribution is -2.10. The summed E-state index contributed by atoms with van der Waals surface area (Å²) < 4.78 is 24.1. The second-order valence-electron chi connectivity index (χ2n) is 7.12. The van der Waals surface area contributed by atoms with Crippen molar-refractivity contribution >= 4 is 33.3 Å². The maximum absolute atomic E-state index is 13.2. The van der Waals surface area contributed by atoms with Gasteiger partial charge in [0.2, 0.25) is 5.89 Å². The highest BCUT2D eigenvalue weighted by molar-refractivity contribution is 7.98. The van der Waals surface area contributed by atoms with Crippen LogP contribution in [0.5, 0.6) is 5.75 Å². The molecule has 1 N–H and O–H groups in total. The third-order valence-corrected chi connectivity index (χ3v) is 6.65. The molecule has 166 valence electrons. The van der Waals surface area contributed by atoms with E-state index in [2.05, 4.69) is 20.2 Å². The maximum Gasteiger partial charge on any atom is 0.277 e. The summed E-state index contributed by atoms with van der Waals surface area (Å²) in [5.41, 5.74) is 2.30. The fourth-order valence-electron chi connectivity index (χ4n) is 3.32. The number of halogens is 1. The maximum atomic E-state index is 13.2. The van der Waals surface area contributed by atoms with Gasteiger partial charge in [-0.2, -0.15) is 0 Å². The zero-order chi connectivity index (χ0) is 22.8. The first kappa shape index (κ1) is 21.4. The van der Waals surface area contributed by atoms with E-state index < -0.39 is 0 Å². The Labute approximate surface area is 195 Å². The number of nitrogens with one attached hydrogen (secondary N) is 1. The number of hydrogen-bond donors (Lipinski definition) is 1. The molecule has 0 saturated carbocycles. The van der Waals surface area contributed by atoms with Gasteiger partial charge in [-0.3, -0.25) is 4.79 Å². The number of thiophene rings is 1. The molecule has 0 saturated heterocycles. The van der Waals surface area contributed by atoms with E-state index in [1.165, 1.54) is 35.2 Å². The van der Waals surface area contributed by atoms with Crippen molar-refractivity contribution in [1.29, 1.82) is 0 Å². The number of aromatic amines is 1. The van der Waals surface area contributed by atoms with Crippen molar-refractivity contribution < 1.29 is 13.5 Å². The van der Waals surface area contributed by atoms with Gasteiger partial charge in [0.1, 0.15) is 22.2 Å². The third-order valence-electron chi connectivity index (χ3n) is 4.94. The summed E-state index contributed by atoms with van der Waals surface area (Å²) in [6, 6.07) is 13.7. The summed E-state index contributed by atoms with van der Waals surface area (Å²) in [4.78, 5) is 20.8. The smallest absolute Gasteiger partial charge is 0.277 e. The van der Waals surface area contributed by atoms with Crippen LogP contribution in [0.4, 0.5) is 4.39 Å². The van der Waals surface area contributed by atoms with E-state index >= 15 is 0 Å². The molecule has 3 aromatic heterocycles. The molecule has 0 aliphatic heterocycles. The van der Waals surface area contributed by atoms with Crippen molar-refractivity contribution in [3.8, 4) is 16.9 Å². The zero-order valence-corrected chi connectivity index (χ0v) is 19.0. The molecule has 0 fully saturated rings. The number of ether oxygens (including phenoxy) is 1. The Kier molecular flexibility index (Phi) is 5.93. The molecule has 5 aromatic rings. The second-order valence-corrected chi connectivity index (χ2v) is 8.91. The zero-order valence-electron chi connectivity index (χ0n) is 17.4. The summed E-state index contributed by atoms with van der Waals surface area (Å²) in [6.07, 6.45) is 0.514. The van der Waals surface area contributed by atoms with Gasteiger partial charge in [0.15, 0.2) is 0 Å². The van der Waals surface area contributed by atoms with Crippen molar-refractivity contribution in [2.45, 2.75) is 17.4 Å². The Balaban J connectivity index is 1.29. The number of fused-ring (bicyclic) bond motifs is 1. The number of benzene rings is 2. The normalized spacial score (nSPS) is 11.2. The van der Waals surface area contributed by atoms with E-state index in [0.717, 1.165) is 22.4 Å². The number of methoxy groups -OCH3 is 1. The topological polar surface area (TPSA) is 93.9 Å². The average Bonchev–Trinajstić information content (AvgIpc) is 3.46. The highest BCUT2D eigenvalue weighted by Crippen LogP contribution is 2.31. The Hall–Kier alpha value is -3.50. The number of hydrogen-bond acceptors (Lipinski definition) is 8. The van der Waals surface area contributed by atoms with Gasteiger partial charge in [0.05, 0.1) is 24.7 Å². The molecule has 0 unspecified atom stereocenters. The summed E-state index contributed by atoms with van der Waals surface area (Å²) >= 11 is 2.68. The Morgan fingerprint density at radius 2 is 1.91 bits per heavy atom. The van der Waals surface area contributed by atoms with Crippen LogP contribution in [0.15, 0.2) is 68.3 Å². The lowest BCUT2D eigenvalue weighted by molar-refractivity contribution is 0.413. The second kappa shape index (κ2) is 9.16. The highest BCUT2D eigenvalue weighted by atomic mass is 32.2. The summed E-state index contributed by atoms with van der Waals surface area (Å²) in [5, 5.41) is 10.9. The summed E-state index contributed by atoms with van der Waals surface area (Å²) in [5.74, 6) is 1.85. The van der Waals surface area contributed by atoms with Gasteiger partial charge in [-0.05, 0) is 35.4 Å². The molecule has 10 heteroatoms. The SMILES string of the molecule is COc1ccc(Cc2nnc(SCc3nc4scc(-c5ccc(F)cc5)c4c(=O)[nH]3)o2)cc1. The van der Waals surface area contributed by atoms with E-state index in [0.29, 0.717) is 39.3 Å². The number of nitrogens with zero attached hydrogens (tertiary/aromatic N) is 3. The van der Waals surface area contributed by atoms with E-state index in [1.807, 2.05) is 29.6 Å². The number of aromatic nitrogens is 4. The van der Waals surface area contributed by atoms with E-state index in [4.69, 9.17) is 9.15 Å². The van der Waals surface area contributed by atoms with Crippen LogP contribution in [-0.2, 0) is 12.2 Å². The minimum Gasteiger partial charge on any atom is -0.497 e. The third kappa shape index (κ3) is 4.67. The monoisotopic (exact) mass is 480 g/mol. The Morgan fingerprint density at radius 3 is 2.67 bits per heavy atom. The highest BCUT2D eigenvalue weighted by Gasteiger charge is 2.14. The van der Waals surface area contributed by atoms with Crippen LogP contribution in [0.1, 0.15) is 17.3 Å². The molecule has 0 spiro atoms. The van der Waals surface area contributed by atoms with Crippen LogP contribution in [0, 0.1) is 5.82 Å². The number of thioether (sulfide) groups is 1. The fraction of sp³-hybridized carbons (Fsp3) is 0.130. The molecule has 33 heavy (non-hydrogen) atoms. The Bertz CT molecular complexity index is 1460. The molecule has 0 aliphatic carbocycles. The minimum absolute atomic E-state index is 0.234. The molecule has 2 aromatic carbocycles. The van der Waals surface area contributed by atoms with Gasteiger partial charge in [-0.25, -0.2) is 9.37 Å². The molecular formula is C23H17FN4O3S2. The molecule has 5 rings (SSSR count). The lowest BCUT2D eigenvalue weighted by Gasteiger charge is -2.01. The number of H-pyrrole nitrogens is 1. The molecule has 3 heterocycles. The quantitative estimate of drug-likeness (QED) is 0.325. The molecular weight excluding hydrogens is 463 g/mol. The van der Waals surface area contributed by atoms with Gasteiger partial charge >= 0.3 is 0 Å². The molecule has 0 bridgehead atoms. The Morgan fingerprint density at radius 1 is 1.12 bits per heavy atom. The standard InChI is InChI=1S/C23H17FN4O3S2/c1-30-16-8-2-13(3-9-16)10-19-27-28-23(31-19)33-12-18-25-21(29)20-17(11-32-22(20)26-18)14-4-6-15(24)7-5-14/h2-9,11H,10,12H2,1H3,(H,25,26,29). The van der Waals surface area contributed by atoms with Crippen LogP contribution >= 0.6 is 23.1 Å². The van der Waals surface area contributed by atoms with Crippen molar-refractivity contribution in [3.05, 3.63) is 87.4 Å². The first-order valence-corrected chi connectivity index (χ1v) is 11.8. The van der Waals surface area contributed by atoms with Crippen molar-refractivity contribution in [2.24, 2.45) is 0 Å². The van der Waals surface area contributed by atoms with Gasteiger partial charge < -0.3 is 14.1 Å². The average molecular weight is 481 g/mol. The largest absolute Gasteiger partial charge is 0.497 e.